The molecule has 1 aromatic heterocycles. The average molecular weight is 779 g/mol. The molecule has 1 amide bonds. The molecule has 0 bridgehead atoms. The number of methoxy groups -OCH3 is 2. The first kappa shape index (κ1) is 39.5. The number of nitrogens with one attached hydrogen (secondary N) is 2. The van der Waals surface area contributed by atoms with Crippen molar-refractivity contribution in [2.45, 2.75) is 54.9 Å². The van der Waals surface area contributed by atoms with Gasteiger partial charge in [0.2, 0.25) is 5.91 Å². The Kier molecular flexibility index (Phi) is 12.4. The average Bonchev–Trinajstić information content (AvgIpc) is 3.12. The Morgan fingerprint density at radius 1 is 1.02 bits per heavy atom. The molecule has 1 saturated carbocycles. The Hall–Kier alpha value is -4.67. The van der Waals surface area contributed by atoms with Crippen molar-refractivity contribution in [3.63, 3.8) is 0 Å². The topological polar surface area (TPSA) is 126 Å². The lowest BCUT2D eigenvalue weighted by Gasteiger charge is -2.38. The van der Waals surface area contributed by atoms with E-state index in [1.807, 2.05) is 0 Å². The largest absolute Gasteiger partial charge is 0.497 e. The summed E-state index contributed by atoms with van der Waals surface area (Å²) < 4.78 is 96.6. The molecule has 3 aromatic carbocycles. The number of aromatic nitrogens is 2. The zero-order valence-electron chi connectivity index (χ0n) is 29.3. The lowest BCUT2D eigenvalue weighted by atomic mass is 9.78. The molecule has 2 unspecified atom stereocenters. The standard InChI is InChI=1S/C36H39ClF4N6O5S/c1-46(2)20-35(48)45-31-15-23(22-6-5-7-25(14-22)36(39,40)41)9-11-29(31)44-30-18-28(38)33(17-27(30)37)53(49,50)47(34-12-13-42-21-43-34)19-24-8-10-26(51-3)16-32(24)52-4/h5-8,10,12-14,16-18,21,23,29,31,44H,9,11,15,19-20H2,1-4H3,(H,45,48)/t23-,29?,31?/m0/s1. The number of sulfonamides is 1. The highest BCUT2D eigenvalue weighted by Crippen LogP contribution is 2.39. The maximum absolute atomic E-state index is 16.1. The molecule has 0 radical (unpaired) electrons. The number of hydrogen-bond acceptors (Lipinski definition) is 9. The molecule has 0 saturated heterocycles. The quantitative estimate of drug-likeness (QED) is 0.147. The van der Waals surface area contributed by atoms with Crippen LogP contribution in [0.4, 0.5) is 29.1 Å². The van der Waals surface area contributed by atoms with Crippen LogP contribution < -0.4 is 24.4 Å². The minimum absolute atomic E-state index is 0.0376. The third-order valence-electron chi connectivity index (χ3n) is 8.90. The number of rotatable bonds is 13. The van der Waals surface area contributed by atoms with E-state index in [0.717, 1.165) is 34.9 Å². The van der Waals surface area contributed by atoms with Crippen LogP contribution in [0.15, 0.2) is 78.1 Å². The molecule has 1 aliphatic rings. The van der Waals surface area contributed by atoms with E-state index in [1.54, 1.807) is 43.3 Å². The predicted octanol–water partition coefficient (Wildman–Crippen LogP) is 6.50. The summed E-state index contributed by atoms with van der Waals surface area (Å²) in [6.07, 6.45) is -0.890. The summed E-state index contributed by atoms with van der Waals surface area (Å²) in [6, 6.07) is 12.2. The van der Waals surface area contributed by atoms with Gasteiger partial charge in [-0.05, 0) is 75.2 Å². The van der Waals surface area contributed by atoms with Crippen LogP contribution in [0.2, 0.25) is 5.02 Å². The SMILES string of the molecule is COc1ccc(CN(c2ccncn2)S(=O)(=O)c2cc(Cl)c(NC3CC[C@H](c4cccc(C(F)(F)F)c4)CC3NC(=O)CN(C)C)cc2F)c(OC)c1. The molecule has 11 nitrogen and oxygen atoms in total. The number of anilines is 2. The second-order valence-corrected chi connectivity index (χ2v) is 15.1. The summed E-state index contributed by atoms with van der Waals surface area (Å²) in [5.74, 6) is -0.962. The maximum Gasteiger partial charge on any atom is 0.416 e. The van der Waals surface area contributed by atoms with Crippen LogP contribution in [-0.2, 0) is 27.5 Å². The highest BCUT2D eigenvalue weighted by Gasteiger charge is 2.36. The number of halogens is 5. The van der Waals surface area contributed by atoms with Crippen molar-refractivity contribution in [3.8, 4) is 11.5 Å². The van der Waals surface area contributed by atoms with Crippen molar-refractivity contribution < 1.29 is 40.2 Å². The van der Waals surface area contributed by atoms with Crippen molar-refractivity contribution >= 4 is 39.0 Å². The van der Waals surface area contributed by atoms with Gasteiger partial charge in [0, 0.05) is 36.0 Å². The van der Waals surface area contributed by atoms with E-state index in [0.29, 0.717) is 35.5 Å². The second-order valence-electron chi connectivity index (χ2n) is 12.8. The van der Waals surface area contributed by atoms with Gasteiger partial charge in [-0.1, -0.05) is 29.8 Å². The van der Waals surface area contributed by atoms with Gasteiger partial charge in [0.1, 0.15) is 34.4 Å². The number of carbonyl (C=O) groups excluding carboxylic acids is 1. The summed E-state index contributed by atoms with van der Waals surface area (Å²) in [7, 11) is 1.68. The molecule has 5 rings (SSSR count). The molecule has 0 aliphatic heterocycles. The van der Waals surface area contributed by atoms with Crippen LogP contribution >= 0.6 is 11.6 Å². The van der Waals surface area contributed by atoms with Crippen molar-refractivity contribution in [3.05, 3.63) is 101 Å². The van der Waals surface area contributed by atoms with Crippen molar-refractivity contribution in [1.82, 2.24) is 20.2 Å². The molecular formula is C36H39ClF4N6O5S. The Morgan fingerprint density at radius 2 is 1.79 bits per heavy atom. The number of alkyl halides is 3. The van der Waals surface area contributed by atoms with Gasteiger partial charge in [-0.15, -0.1) is 0 Å². The van der Waals surface area contributed by atoms with Gasteiger partial charge in [-0.2, -0.15) is 13.2 Å². The third kappa shape index (κ3) is 9.47. The number of ether oxygens (including phenoxy) is 2. The predicted molar refractivity (Wildman–Crippen MR) is 192 cm³/mol. The van der Waals surface area contributed by atoms with E-state index in [-0.39, 0.29) is 47.9 Å². The number of benzene rings is 3. The van der Waals surface area contributed by atoms with Crippen molar-refractivity contribution in [2.24, 2.45) is 0 Å². The van der Waals surface area contributed by atoms with Gasteiger partial charge < -0.3 is 25.0 Å². The molecule has 1 heterocycles. The summed E-state index contributed by atoms with van der Waals surface area (Å²) in [5, 5.41) is 6.03. The fourth-order valence-electron chi connectivity index (χ4n) is 6.33. The Labute approximate surface area is 310 Å². The van der Waals surface area contributed by atoms with Crippen LogP contribution in [0.3, 0.4) is 0 Å². The second kappa shape index (κ2) is 16.6. The smallest absolute Gasteiger partial charge is 0.416 e. The van der Waals surface area contributed by atoms with Gasteiger partial charge in [0.05, 0.1) is 43.6 Å². The summed E-state index contributed by atoms with van der Waals surface area (Å²) in [4.78, 5) is 21.8. The summed E-state index contributed by atoms with van der Waals surface area (Å²) in [5.41, 5.74) is 0.234. The molecule has 0 spiro atoms. The van der Waals surface area contributed by atoms with E-state index < -0.39 is 44.6 Å². The van der Waals surface area contributed by atoms with Crippen LogP contribution in [0, 0.1) is 5.82 Å². The number of hydrogen-bond donors (Lipinski definition) is 2. The molecule has 3 atom stereocenters. The number of amides is 1. The molecule has 284 valence electrons. The molecule has 1 aliphatic carbocycles. The van der Waals surface area contributed by atoms with Gasteiger partial charge in [0.15, 0.2) is 0 Å². The fourth-order valence-corrected chi connectivity index (χ4v) is 8.08. The number of carbonyl (C=O) groups is 1. The monoisotopic (exact) mass is 778 g/mol. The summed E-state index contributed by atoms with van der Waals surface area (Å²) in [6.45, 7) is -0.238. The van der Waals surface area contributed by atoms with Gasteiger partial charge in [0.25, 0.3) is 10.0 Å². The van der Waals surface area contributed by atoms with Gasteiger partial charge in [-0.25, -0.2) is 27.1 Å². The Morgan fingerprint density at radius 3 is 2.45 bits per heavy atom. The molecule has 2 N–H and O–H groups in total. The number of nitrogens with zero attached hydrogens (tertiary/aromatic N) is 4. The lowest BCUT2D eigenvalue weighted by Crippen LogP contribution is -2.51. The summed E-state index contributed by atoms with van der Waals surface area (Å²) >= 11 is 6.65. The third-order valence-corrected chi connectivity index (χ3v) is 11.0. The van der Waals surface area contributed by atoms with Crippen LogP contribution in [0.5, 0.6) is 11.5 Å². The zero-order chi connectivity index (χ0) is 38.5. The van der Waals surface area contributed by atoms with E-state index in [2.05, 4.69) is 20.6 Å². The van der Waals surface area contributed by atoms with E-state index in [9.17, 15) is 26.4 Å². The lowest BCUT2D eigenvalue weighted by molar-refractivity contribution is -0.137. The Bertz CT molecular complexity index is 2020. The van der Waals surface area contributed by atoms with E-state index in [4.69, 9.17) is 21.1 Å². The molecule has 4 aromatic rings. The molecule has 17 heteroatoms. The van der Waals surface area contributed by atoms with Crippen LogP contribution in [-0.4, -0.2) is 76.1 Å². The normalized spacial score (nSPS) is 17.7. The minimum Gasteiger partial charge on any atom is -0.497 e. The number of likely N-dealkylation sites (N-methyl/N-ethyl adjacent to an activating group) is 1. The van der Waals surface area contributed by atoms with Gasteiger partial charge in [-0.3, -0.25) is 4.79 Å². The van der Waals surface area contributed by atoms with Crippen molar-refractivity contribution in [1.29, 1.82) is 0 Å². The van der Waals surface area contributed by atoms with Gasteiger partial charge >= 0.3 is 6.18 Å². The fraction of sp³-hybridized carbons (Fsp3) is 0.361. The van der Waals surface area contributed by atoms with E-state index >= 15 is 4.39 Å². The van der Waals surface area contributed by atoms with Crippen molar-refractivity contribution in [2.75, 3.05) is 44.5 Å². The highest BCUT2D eigenvalue weighted by molar-refractivity contribution is 7.92. The molecule has 1 fully saturated rings. The first-order valence-corrected chi connectivity index (χ1v) is 18.3. The minimum atomic E-state index is -4.66. The molecule has 53 heavy (non-hydrogen) atoms. The molecular weight excluding hydrogens is 740 g/mol. The zero-order valence-corrected chi connectivity index (χ0v) is 30.9. The van der Waals surface area contributed by atoms with Crippen LogP contribution in [0.25, 0.3) is 0 Å². The highest BCUT2D eigenvalue weighted by atomic mass is 35.5. The first-order valence-electron chi connectivity index (χ1n) is 16.5. The van der Waals surface area contributed by atoms with Crippen LogP contribution in [0.1, 0.15) is 41.9 Å². The Balaban J connectivity index is 1.44. The maximum atomic E-state index is 16.1. The first-order chi connectivity index (χ1) is 25.1. The van der Waals surface area contributed by atoms with E-state index in [1.165, 1.54) is 32.5 Å².